The van der Waals surface area contributed by atoms with Crippen LogP contribution in [0.3, 0.4) is 0 Å². The number of hydrogen-bond acceptors (Lipinski definition) is 3. The molecule has 0 amide bonds. The summed E-state index contributed by atoms with van der Waals surface area (Å²) in [5.41, 5.74) is 0.342. The molecule has 1 aromatic carbocycles. The normalized spacial score (nSPS) is 10.8. The van der Waals surface area contributed by atoms with Crippen molar-refractivity contribution in [3.05, 3.63) is 34.3 Å². The first-order chi connectivity index (χ1) is 7.54. The highest BCUT2D eigenvalue weighted by Crippen LogP contribution is 2.30. The van der Waals surface area contributed by atoms with Crippen LogP contribution in [0, 0.1) is 12.7 Å². The topological polar surface area (TPSA) is 39.4 Å². The zero-order chi connectivity index (χ0) is 11.9. The van der Waals surface area contributed by atoms with Gasteiger partial charge in [-0.2, -0.15) is 0 Å². The molecule has 2 aromatic rings. The van der Waals surface area contributed by atoms with Crippen molar-refractivity contribution in [1.29, 1.82) is 0 Å². The first kappa shape index (κ1) is 11.0. The fourth-order valence-electron chi connectivity index (χ4n) is 1.61. The largest absolute Gasteiger partial charge is 0.465 e. The molecule has 1 aromatic heterocycles. The van der Waals surface area contributed by atoms with Crippen LogP contribution in [0.15, 0.2) is 16.5 Å². The summed E-state index contributed by atoms with van der Waals surface area (Å²) in [6.45, 7) is 1.57. The van der Waals surface area contributed by atoms with Gasteiger partial charge in [0.05, 0.1) is 12.5 Å². The second-order valence-electron chi connectivity index (χ2n) is 3.29. The Labute approximate surface area is 95.7 Å². The molecular formula is C11H8ClFO3. The van der Waals surface area contributed by atoms with Crippen LogP contribution in [-0.2, 0) is 4.74 Å². The third-order valence-electron chi connectivity index (χ3n) is 2.27. The summed E-state index contributed by atoms with van der Waals surface area (Å²) in [4.78, 5) is 11.5. The van der Waals surface area contributed by atoms with Crippen molar-refractivity contribution < 1.29 is 18.3 Å². The molecule has 0 unspecified atom stereocenters. The molecule has 0 radical (unpaired) electrons. The molecule has 0 atom stereocenters. The Morgan fingerprint density at radius 1 is 1.50 bits per heavy atom. The molecule has 5 heteroatoms. The maximum absolute atomic E-state index is 13.7. The van der Waals surface area contributed by atoms with Crippen LogP contribution in [0.1, 0.15) is 16.1 Å². The van der Waals surface area contributed by atoms with Gasteiger partial charge in [0.15, 0.2) is 0 Å². The van der Waals surface area contributed by atoms with Crippen LogP contribution in [0.5, 0.6) is 0 Å². The van der Waals surface area contributed by atoms with Crippen LogP contribution in [-0.4, -0.2) is 13.1 Å². The van der Waals surface area contributed by atoms with E-state index in [1.807, 2.05) is 0 Å². The van der Waals surface area contributed by atoms with Gasteiger partial charge in [0.25, 0.3) is 0 Å². The number of esters is 1. The summed E-state index contributed by atoms with van der Waals surface area (Å²) in [6.07, 6.45) is 0. The minimum absolute atomic E-state index is 0.103. The Kier molecular flexibility index (Phi) is 2.59. The minimum atomic E-state index is -0.627. The number of fused-ring (bicyclic) bond motifs is 1. The highest BCUT2D eigenvalue weighted by molar-refractivity contribution is 6.31. The monoisotopic (exact) mass is 242 g/mol. The fraction of sp³-hybridized carbons (Fsp3) is 0.182. The number of halogens is 2. The van der Waals surface area contributed by atoms with Gasteiger partial charge in [0, 0.05) is 11.1 Å². The Hall–Kier alpha value is -1.55. The van der Waals surface area contributed by atoms with E-state index in [0.29, 0.717) is 5.76 Å². The van der Waals surface area contributed by atoms with Crippen LogP contribution in [0.25, 0.3) is 11.0 Å². The minimum Gasteiger partial charge on any atom is -0.465 e. The SMILES string of the molecule is COC(=O)c1c(C)oc2cc(Cl)cc(F)c12. The molecule has 0 aliphatic heterocycles. The predicted octanol–water partition coefficient (Wildman–Crippen LogP) is 3.32. The summed E-state index contributed by atoms with van der Waals surface area (Å²) >= 11 is 5.68. The average Bonchev–Trinajstić information content (AvgIpc) is 2.53. The smallest absolute Gasteiger partial charge is 0.342 e. The lowest BCUT2D eigenvalue weighted by molar-refractivity contribution is 0.0600. The molecule has 0 N–H and O–H groups in total. The van der Waals surface area contributed by atoms with E-state index < -0.39 is 11.8 Å². The lowest BCUT2D eigenvalue weighted by atomic mass is 10.1. The first-order valence-electron chi connectivity index (χ1n) is 4.51. The number of hydrogen-bond donors (Lipinski definition) is 0. The Balaban J connectivity index is 2.84. The number of furan rings is 1. The molecule has 0 saturated heterocycles. The third-order valence-corrected chi connectivity index (χ3v) is 2.49. The molecule has 0 aliphatic carbocycles. The zero-order valence-electron chi connectivity index (χ0n) is 8.64. The van der Waals surface area contributed by atoms with Gasteiger partial charge in [-0.15, -0.1) is 0 Å². The average molecular weight is 243 g/mol. The zero-order valence-corrected chi connectivity index (χ0v) is 9.39. The van der Waals surface area contributed by atoms with E-state index >= 15 is 0 Å². The molecule has 0 bridgehead atoms. The molecule has 0 spiro atoms. The third kappa shape index (κ3) is 1.55. The number of ether oxygens (including phenoxy) is 1. The van der Waals surface area contributed by atoms with Crippen molar-refractivity contribution in [2.24, 2.45) is 0 Å². The summed E-state index contributed by atoms with van der Waals surface area (Å²) in [5, 5.41) is 0.323. The molecule has 1 heterocycles. The molecule has 3 nitrogen and oxygen atoms in total. The number of rotatable bonds is 1. The van der Waals surface area contributed by atoms with E-state index in [2.05, 4.69) is 4.74 Å². The lowest BCUT2D eigenvalue weighted by Crippen LogP contribution is -2.02. The predicted molar refractivity (Wildman–Crippen MR) is 57.3 cm³/mol. The Bertz CT molecular complexity index is 574. The number of carbonyl (C=O) groups excluding carboxylic acids is 1. The summed E-state index contributed by atoms with van der Waals surface area (Å²) in [7, 11) is 1.23. The van der Waals surface area contributed by atoms with Crippen molar-refractivity contribution >= 4 is 28.5 Å². The molecule has 2 rings (SSSR count). The number of methoxy groups -OCH3 is 1. The van der Waals surface area contributed by atoms with Crippen molar-refractivity contribution in [2.45, 2.75) is 6.92 Å². The Morgan fingerprint density at radius 3 is 2.81 bits per heavy atom. The van der Waals surface area contributed by atoms with Crippen LogP contribution >= 0.6 is 11.6 Å². The van der Waals surface area contributed by atoms with Crippen molar-refractivity contribution in [3.63, 3.8) is 0 Å². The van der Waals surface area contributed by atoms with Gasteiger partial charge in [0.1, 0.15) is 22.7 Å². The highest BCUT2D eigenvalue weighted by Gasteiger charge is 2.22. The van der Waals surface area contributed by atoms with Crippen LogP contribution in [0.4, 0.5) is 4.39 Å². The second-order valence-corrected chi connectivity index (χ2v) is 3.72. The maximum atomic E-state index is 13.7. The molecule has 0 saturated carbocycles. The standard InChI is InChI=1S/C11H8ClFO3/c1-5-9(11(14)15-2)10-7(13)3-6(12)4-8(10)16-5/h3-4H,1-2H3. The number of aryl methyl sites for hydroxylation is 1. The molecule has 16 heavy (non-hydrogen) atoms. The number of benzene rings is 1. The van der Waals surface area contributed by atoms with Gasteiger partial charge >= 0.3 is 5.97 Å². The fourth-order valence-corrected chi connectivity index (χ4v) is 1.81. The summed E-state index contributed by atoms with van der Waals surface area (Å²) < 4.78 is 23.5. The van der Waals surface area contributed by atoms with E-state index in [-0.39, 0.29) is 21.6 Å². The maximum Gasteiger partial charge on any atom is 0.342 e. The van der Waals surface area contributed by atoms with Gasteiger partial charge in [0.2, 0.25) is 0 Å². The van der Waals surface area contributed by atoms with Crippen molar-refractivity contribution in [3.8, 4) is 0 Å². The molecule has 84 valence electrons. The van der Waals surface area contributed by atoms with Crippen LogP contribution in [0.2, 0.25) is 5.02 Å². The van der Waals surface area contributed by atoms with E-state index in [1.165, 1.54) is 13.2 Å². The highest BCUT2D eigenvalue weighted by atomic mass is 35.5. The first-order valence-corrected chi connectivity index (χ1v) is 4.89. The second kappa shape index (κ2) is 3.79. The Morgan fingerprint density at radius 2 is 2.19 bits per heavy atom. The van der Waals surface area contributed by atoms with E-state index in [1.54, 1.807) is 6.92 Å². The summed E-state index contributed by atoms with van der Waals surface area (Å²) in [5.74, 6) is -0.916. The van der Waals surface area contributed by atoms with Crippen LogP contribution < -0.4 is 0 Å². The van der Waals surface area contributed by atoms with Gasteiger partial charge < -0.3 is 9.15 Å². The van der Waals surface area contributed by atoms with Gasteiger partial charge in [-0.25, -0.2) is 9.18 Å². The molecule has 0 aliphatic rings. The quantitative estimate of drug-likeness (QED) is 0.720. The number of carbonyl (C=O) groups is 1. The lowest BCUT2D eigenvalue weighted by Gasteiger charge is -1.98. The van der Waals surface area contributed by atoms with Gasteiger partial charge in [-0.05, 0) is 13.0 Å². The van der Waals surface area contributed by atoms with Crippen molar-refractivity contribution in [2.75, 3.05) is 7.11 Å². The summed E-state index contributed by atoms with van der Waals surface area (Å²) in [6, 6.07) is 2.59. The van der Waals surface area contributed by atoms with E-state index in [4.69, 9.17) is 16.0 Å². The molecule has 0 fully saturated rings. The van der Waals surface area contributed by atoms with E-state index in [9.17, 15) is 9.18 Å². The van der Waals surface area contributed by atoms with E-state index in [0.717, 1.165) is 6.07 Å². The molecular weight excluding hydrogens is 235 g/mol. The van der Waals surface area contributed by atoms with Crippen molar-refractivity contribution in [1.82, 2.24) is 0 Å². The van der Waals surface area contributed by atoms with Gasteiger partial charge in [-0.3, -0.25) is 0 Å². The van der Waals surface area contributed by atoms with Gasteiger partial charge in [-0.1, -0.05) is 11.6 Å².